The zero-order valence-corrected chi connectivity index (χ0v) is 13.2. The Hall–Kier alpha value is -2.41. The van der Waals surface area contributed by atoms with E-state index in [0.29, 0.717) is 36.7 Å². The molecule has 0 aliphatic carbocycles. The lowest BCUT2D eigenvalue weighted by Crippen LogP contribution is -2.42. The van der Waals surface area contributed by atoms with Crippen molar-refractivity contribution >= 4 is 17.5 Å². The molecule has 0 atom stereocenters. The molecule has 3 N–H and O–H groups in total. The number of nitrogens with two attached hydrogens (primary N) is 1. The molecule has 3 heterocycles. The van der Waals surface area contributed by atoms with Gasteiger partial charge in [0.1, 0.15) is 17.0 Å². The lowest BCUT2D eigenvalue weighted by Gasteiger charge is -2.29. The van der Waals surface area contributed by atoms with Gasteiger partial charge in [-0.25, -0.2) is 4.98 Å². The van der Waals surface area contributed by atoms with Crippen LogP contribution in [-0.4, -0.2) is 51.8 Å². The summed E-state index contributed by atoms with van der Waals surface area (Å²) in [5.74, 6) is -0.291. The van der Waals surface area contributed by atoms with Crippen LogP contribution in [-0.2, 0) is 0 Å². The average molecular weight is 315 g/mol. The van der Waals surface area contributed by atoms with E-state index in [9.17, 15) is 9.59 Å². The van der Waals surface area contributed by atoms with Crippen LogP contribution in [0.4, 0.5) is 0 Å². The number of fused-ring (bicyclic) bond motifs is 1. The Morgan fingerprint density at radius 2 is 2.09 bits per heavy atom. The molecular formula is C16H21N5O2. The number of pyridine rings is 1. The summed E-state index contributed by atoms with van der Waals surface area (Å²) in [6.45, 7) is 3.71. The van der Waals surface area contributed by atoms with Crippen LogP contribution >= 0.6 is 0 Å². The maximum atomic E-state index is 12.6. The predicted octanol–water partition coefficient (Wildman–Crippen LogP) is 0.647. The van der Waals surface area contributed by atoms with Crippen LogP contribution in [0.15, 0.2) is 24.4 Å². The predicted molar refractivity (Wildman–Crippen MR) is 86.3 cm³/mol. The van der Waals surface area contributed by atoms with Crippen LogP contribution in [0.2, 0.25) is 0 Å². The molecule has 0 spiro atoms. The molecule has 2 amide bonds. The van der Waals surface area contributed by atoms with Gasteiger partial charge < -0.3 is 16.0 Å². The smallest absolute Gasteiger partial charge is 0.274 e. The van der Waals surface area contributed by atoms with E-state index < -0.39 is 0 Å². The maximum Gasteiger partial charge on any atom is 0.274 e. The van der Waals surface area contributed by atoms with Crippen LogP contribution in [0, 0.1) is 0 Å². The third kappa shape index (κ3) is 3.05. The molecule has 0 unspecified atom stereocenters. The van der Waals surface area contributed by atoms with Gasteiger partial charge in [0.25, 0.3) is 11.8 Å². The number of piperidine rings is 1. The second-order valence-corrected chi connectivity index (χ2v) is 5.75. The van der Waals surface area contributed by atoms with Crippen molar-refractivity contribution in [2.24, 2.45) is 5.73 Å². The average Bonchev–Trinajstić information content (AvgIpc) is 2.99. The second kappa shape index (κ2) is 6.37. The molecule has 0 radical (unpaired) electrons. The van der Waals surface area contributed by atoms with Crippen LogP contribution < -0.4 is 11.1 Å². The second-order valence-electron chi connectivity index (χ2n) is 5.75. The lowest BCUT2D eigenvalue weighted by molar-refractivity contribution is 0.0709. The van der Waals surface area contributed by atoms with Crippen molar-refractivity contribution in [3.05, 3.63) is 35.8 Å². The summed E-state index contributed by atoms with van der Waals surface area (Å²) in [4.78, 5) is 30.8. The van der Waals surface area contributed by atoms with E-state index in [0.717, 1.165) is 12.8 Å². The highest BCUT2D eigenvalue weighted by Crippen LogP contribution is 2.15. The summed E-state index contributed by atoms with van der Waals surface area (Å²) in [5.41, 5.74) is 7.29. The zero-order chi connectivity index (χ0) is 16.4. The monoisotopic (exact) mass is 315 g/mol. The number of imidazole rings is 1. The Morgan fingerprint density at radius 3 is 2.78 bits per heavy atom. The number of hydrogen-bond acceptors (Lipinski definition) is 4. The van der Waals surface area contributed by atoms with Gasteiger partial charge in [0, 0.05) is 31.9 Å². The quantitative estimate of drug-likeness (QED) is 0.869. The Morgan fingerprint density at radius 1 is 1.35 bits per heavy atom. The third-order valence-corrected chi connectivity index (χ3v) is 4.11. The van der Waals surface area contributed by atoms with Crippen molar-refractivity contribution in [3.63, 3.8) is 0 Å². The molecule has 3 rings (SSSR count). The minimum atomic E-state index is -0.182. The van der Waals surface area contributed by atoms with Gasteiger partial charge in [-0.15, -0.1) is 0 Å². The molecular weight excluding hydrogens is 294 g/mol. The van der Waals surface area contributed by atoms with E-state index in [1.54, 1.807) is 33.7 Å². The summed E-state index contributed by atoms with van der Waals surface area (Å²) in [5, 5.41) is 2.76. The first-order valence-corrected chi connectivity index (χ1v) is 7.91. The van der Waals surface area contributed by atoms with Gasteiger partial charge in [0.15, 0.2) is 0 Å². The largest absolute Gasteiger partial charge is 0.351 e. The molecule has 2 aromatic heterocycles. The van der Waals surface area contributed by atoms with Crippen LogP contribution in [0.3, 0.4) is 0 Å². The van der Waals surface area contributed by atoms with Crippen LogP contribution in [0.1, 0.15) is 40.7 Å². The number of likely N-dealkylation sites (tertiary alicyclic amines) is 1. The zero-order valence-electron chi connectivity index (χ0n) is 13.2. The summed E-state index contributed by atoms with van der Waals surface area (Å²) >= 11 is 0. The fourth-order valence-electron chi connectivity index (χ4n) is 2.81. The Bertz CT molecular complexity index is 731. The Kier molecular flexibility index (Phi) is 4.29. The number of nitrogens with one attached hydrogen (secondary N) is 1. The van der Waals surface area contributed by atoms with Gasteiger partial charge in [0.05, 0.1) is 0 Å². The summed E-state index contributed by atoms with van der Waals surface area (Å²) in [6.07, 6.45) is 3.25. The van der Waals surface area contributed by atoms with E-state index in [-0.39, 0.29) is 17.9 Å². The molecule has 7 heteroatoms. The first-order chi connectivity index (χ1) is 11.1. The van der Waals surface area contributed by atoms with E-state index in [1.165, 1.54) is 0 Å². The van der Waals surface area contributed by atoms with Gasteiger partial charge in [-0.2, -0.15) is 0 Å². The molecule has 1 aliphatic heterocycles. The van der Waals surface area contributed by atoms with Gasteiger partial charge in [-0.3, -0.25) is 14.0 Å². The first-order valence-electron chi connectivity index (χ1n) is 7.91. The maximum absolute atomic E-state index is 12.6. The number of nitrogens with zero attached hydrogens (tertiary/aromatic N) is 3. The Labute approximate surface area is 134 Å². The minimum absolute atomic E-state index is 0.109. The van der Waals surface area contributed by atoms with Gasteiger partial charge in [0.2, 0.25) is 0 Å². The number of carbonyl (C=O) groups is 2. The fourth-order valence-corrected chi connectivity index (χ4v) is 2.81. The van der Waals surface area contributed by atoms with Crippen molar-refractivity contribution in [1.82, 2.24) is 19.6 Å². The van der Waals surface area contributed by atoms with Crippen LogP contribution in [0.25, 0.3) is 5.65 Å². The van der Waals surface area contributed by atoms with Crippen molar-refractivity contribution in [1.29, 1.82) is 0 Å². The van der Waals surface area contributed by atoms with E-state index in [1.807, 2.05) is 6.92 Å². The highest BCUT2D eigenvalue weighted by molar-refractivity contribution is 5.95. The molecule has 2 aromatic rings. The summed E-state index contributed by atoms with van der Waals surface area (Å²) in [7, 11) is 0. The van der Waals surface area contributed by atoms with Crippen molar-refractivity contribution < 1.29 is 9.59 Å². The molecule has 122 valence electrons. The molecule has 1 saturated heterocycles. The minimum Gasteiger partial charge on any atom is -0.351 e. The van der Waals surface area contributed by atoms with Crippen molar-refractivity contribution in [3.8, 4) is 0 Å². The number of carbonyl (C=O) groups excluding carboxylic acids is 2. The topological polar surface area (TPSA) is 92.7 Å². The summed E-state index contributed by atoms with van der Waals surface area (Å²) < 4.78 is 1.66. The SMILES string of the molecule is CCNC(=O)c1cccc2nc(C(=O)N3CCC(N)CC3)cn12. The summed E-state index contributed by atoms with van der Waals surface area (Å²) in [6, 6.07) is 5.44. The van der Waals surface area contributed by atoms with E-state index in [2.05, 4.69) is 10.3 Å². The normalized spacial score (nSPS) is 15.8. The van der Waals surface area contributed by atoms with Gasteiger partial charge in [-0.05, 0) is 31.9 Å². The fraction of sp³-hybridized carbons (Fsp3) is 0.438. The first kappa shape index (κ1) is 15.5. The molecule has 23 heavy (non-hydrogen) atoms. The van der Waals surface area contributed by atoms with Gasteiger partial charge in [-0.1, -0.05) is 6.07 Å². The van der Waals surface area contributed by atoms with Crippen LogP contribution in [0.5, 0.6) is 0 Å². The molecule has 0 saturated carbocycles. The number of aromatic nitrogens is 2. The van der Waals surface area contributed by atoms with E-state index >= 15 is 0 Å². The molecule has 1 aliphatic rings. The highest BCUT2D eigenvalue weighted by atomic mass is 16.2. The third-order valence-electron chi connectivity index (χ3n) is 4.11. The van der Waals surface area contributed by atoms with E-state index in [4.69, 9.17) is 5.73 Å². The lowest BCUT2D eigenvalue weighted by atomic mass is 10.1. The standard InChI is InChI=1S/C16H21N5O2/c1-2-18-15(22)13-4-3-5-14-19-12(10-21(13)14)16(23)20-8-6-11(17)7-9-20/h3-5,10-11H,2,6-9,17H2,1H3,(H,18,22). The molecule has 1 fully saturated rings. The molecule has 0 aromatic carbocycles. The Balaban J connectivity index is 1.89. The van der Waals surface area contributed by atoms with Gasteiger partial charge >= 0.3 is 0 Å². The number of amides is 2. The number of rotatable bonds is 3. The van der Waals surface area contributed by atoms with Crippen molar-refractivity contribution in [2.75, 3.05) is 19.6 Å². The highest BCUT2D eigenvalue weighted by Gasteiger charge is 2.24. The number of hydrogen-bond donors (Lipinski definition) is 2. The molecule has 7 nitrogen and oxygen atoms in total. The van der Waals surface area contributed by atoms with Crippen molar-refractivity contribution in [2.45, 2.75) is 25.8 Å². The molecule has 0 bridgehead atoms.